The topological polar surface area (TPSA) is 94.0 Å². The van der Waals surface area contributed by atoms with Gasteiger partial charge in [0.2, 0.25) is 0 Å². The summed E-state index contributed by atoms with van der Waals surface area (Å²) < 4.78 is 6.88. The highest BCUT2D eigenvalue weighted by atomic mass is 16.6. The lowest BCUT2D eigenvalue weighted by Gasteiger charge is -2.05. The van der Waals surface area contributed by atoms with Crippen molar-refractivity contribution in [2.75, 3.05) is 6.61 Å². The van der Waals surface area contributed by atoms with Gasteiger partial charge in [0.05, 0.1) is 23.1 Å². The van der Waals surface area contributed by atoms with Crippen LogP contribution in [0.5, 0.6) is 5.75 Å². The number of rotatable bonds is 5. The fourth-order valence-electron chi connectivity index (χ4n) is 1.48. The summed E-state index contributed by atoms with van der Waals surface area (Å²) in [7, 11) is 0. The molecule has 0 saturated carbocycles. The molecule has 0 aliphatic carbocycles. The van der Waals surface area contributed by atoms with Crippen LogP contribution in [0.25, 0.3) is 0 Å². The molecule has 0 fully saturated rings. The van der Waals surface area contributed by atoms with Crippen LogP contribution in [-0.2, 0) is 6.54 Å². The number of ether oxygens (including phenoxy) is 1. The lowest BCUT2D eigenvalue weighted by atomic mass is 10.2. The summed E-state index contributed by atoms with van der Waals surface area (Å²) in [5.41, 5.74) is 0.471. The van der Waals surface area contributed by atoms with Crippen molar-refractivity contribution < 1.29 is 9.66 Å². The molecule has 0 amide bonds. The van der Waals surface area contributed by atoms with Crippen LogP contribution in [0.4, 0.5) is 5.69 Å². The van der Waals surface area contributed by atoms with Crippen molar-refractivity contribution >= 4 is 5.69 Å². The van der Waals surface area contributed by atoms with E-state index in [4.69, 9.17) is 10.00 Å². The Balaban J connectivity index is 1.89. The number of benzene rings is 1. The minimum absolute atomic E-state index is 0.0496. The van der Waals surface area contributed by atoms with E-state index in [9.17, 15) is 10.1 Å². The van der Waals surface area contributed by atoms with Crippen molar-refractivity contribution in [1.29, 1.82) is 5.26 Å². The Labute approximate surface area is 108 Å². The molecule has 19 heavy (non-hydrogen) atoms. The van der Waals surface area contributed by atoms with Gasteiger partial charge in [0.15, 0.2) is 0 Å². The number of nitro groups is 1. The van der Waals surface area contributed by atoms with E-state index in [0.717, 1.165) is 0 Å². The van der Waals surface area contributed by atoms with Crippen LogP contribution in [0, 0.1) is 21.4 Å². The Morgan fingerprint density at radius 2 is 2.37 bits per heavy atom. The standard InChI is InChI=1S/C12H10N4O3/c13-7-10-2-1-3-12(6-10)19-5-4-15-9-11(8-14-15)16(17)18/h1-3,6,8-9H,4-5H2. The molecule has 0 aliphatic heterocycles. The van der Waals surface area contributed by atoms with E-state index in [1.165, 1.54) is 17.1 Å². The molecule has 2 aromatic rings. The van der Waals surface area contributed by atoms with E-state index < -0.39 is 4.92 Å². The molecule has 7 nitrogen and oxygen atoms in total. The highest BCUT2D eigenvalue weighted by Crippen LogP contribution is 2.13. The summed E-state index contributed by atoms with van der Waals surface area (Å²) in [5, 5.41) is 23.1. The fourth-order valence-corrected chi connectivity index (χ4v) is 1.48. The Bertz CT molecular complexity index is 630. The maximum atomic E-state index is 10.5. The van der Waals surface area contributed by atoms with Crippen LogP contribution < -0.4 is 4.74 Å². The van der Waals surface area contributed by atoms with Gasteiger partial charge in [-0.15, -0.1) is 0 Å². The summed E-state index contributed by atoms with van der Waals surface area (Å²) in [4.78, 5) is 9.97. The maximum absolute atomic E-state index is 10.5. The molecule has 1 aromatic heterocycles. The van der Waals surface area contributed by atoms with E-state index in [0.29, 0.717) is 24.5 Å². The smallest absolute Gasteiger partial charge is 0.306 e. The fraction of sp³-hybridized carbons (Fsp3) is 0.167. The third-order valence-corrected chi connectivity index (χ3v) is 2.38. The minimum atomic E-state index is -0.499. The Morgan fingerprint density at radius 3 is 3.05 bits per heavy atom. The van der Waals surface area contributed by atoms with Crippen molar-refractivity contribution in [2.45, 2.75) is 6.54 Å². The van der Waals surface area contributed by atoms with E-state index in [-0.39, 0.29) is 5.69 Å². The van der Waals surface area contributed by atoms with Crippen LogP contribution in [0.15, 0.2) is 36.7 Å². The largest absolute Gasteiger partial charge is 0.492 e. The number of hydrogen-bond donors (Lipinski definition) is 0. The molecule has 0 atom stereocenters. The lowest BCUT2D eigenvalue weighted by molar-refractivity contribution is -0.385. The molecule has 1 heterocycles. The second-order valence-corrected chi connectivity index (χ2v) is 3.71. The second-order valence-electron chi connectivity index (χ2n) is 3.71. The van der Waals surface area contributed by atoms with Gasteiger partial charge in [-0.05, 0) is 18.2 Å². The molecular weight excluding hydrogens is 248 g/mol. The summed E-state index contributed by atoms with van der Waals surface area (Å²) in [6.07, 6.45) is 2.53. The Morgan fingerprint density at radius 1 is 1.53 bits per heavy atom. The van der Waals surface area contributed by atoms with Gasteiger partial charge in [-0.1, -0.05) is 6.07 Å². The number of nitrogens with zero attached hydrogens (tertiary/aromatic N) is 4. The quantitative estimate of drug-likeness (QED) is 0.601. The van der Waals surface area contributed by atoms with E-state index >= 15 is 0 Å². The highest BCUT2D eigenvalue weighted by molar-refractivity contribution is 5.36. The number of hydrogen-bond acceptors (Lipinski definition) is 5. The highest BCUT2D eigenvalue weighted by Gasteiger charge is 2.08. The molecular formula is C12H10N4O3. The first-order valence-corrected chi connectivity index (χ1v) is 5.49. The van der Waals surface area contributed by atoms with Crippen LogP contribution in [-0.4, -0.2) is 21.3 Å². The summed E-state index contributed by atoms with van der Waals surface area (Å²) in [6, 6.07) is 8.80. The molecule has 0 radical (unpaired) electrons. The van der Waals surface area contributed by atoms with Gasteiger partial charge in [0.25, 0.3) is 0 Å². The average Bonchev–Trinajstić information content (AvgIpc) is 2.88. The molecule has 0 bridgehead atoms. The first-order chi connectivity index (χ1) is 9.19. The normalized spacial score (nSPS) is 9.84. The first-order valence-electron chi connectivity index (χ1n) is 5.49. The molecule has 7 heteroatoms. The summed E-state index contributed by atoms with van der Waals surface area (Å²) in [6.45, 7) is 0.707. The van der Waals surface area contributed by atoms with E-state index in [1.54, 1.807) is 24.3 Å². The van der Waals surface area contributed by atoms with Crippen molar-refractivity contribution in [2.24, 2.45) is 0 Å². The van der Waals surface area contributed by atoms with Crippen LogP contribution in [0.2, 0.25) is 0 Å². The molecule has 1 aromatic carbocycles. The van der Waals surface area contributed by atoms with Gasteiger partial charge in [-0.25, -0.2) is 0 Å². The predicted molar refractivity (Wildman–Crippen MR) is 65.5 cm³/mol. The Kier molecular flexibility index (Phi) is 3.73. The monoisotopic (exact) mass is 258 g/mol. The average molecular weight is 258 g/mol. The third kappa shape index (κ3) is 3.29. The van der Waals surface area contributed by atoms with Crippen molar-refractivity contribution in [1.82, 2.24) is 9.78 Å². The van der Waals surface area contributed by atoms with Crippen molar-refractivity contribution in [3.63, 3.8) is 0 Å². The third-order valence-electron chi connectivity index (χ3n) is 2.38. The van der Waals surface area contributed by atoms with Crippen LogP contribution in [0.1, 0.15) is 5.56 Å². The SMILES string of the molecule is N#Cc1cccc(OCCn2cc([N+](=O)[O-])cn2)c1. The van der Waals surface area contributed by atoms with Crippen molar-refractivity contribution in [3.05, 3.63) is 52.3 Å². The minimum Gasteiger partial charge on any atom is -0.492 e. The second kappa shape index (κ2) is 5.64. The van der Waals surface area contributed by atoms with E-state index in [1.807, 2.05) is 6.07 Å². The number of nitriles is 1. The molecule has 0 unspecified atom stereocenters. The molecule has 0 spiro atoms. The lowest BCUT2D eigenvalue weighted by Crippen LogP contribution is -2.08. The number of aromatic nitrogens is 2. The zero-order valence-electron chi connectivity index (χ0n) is 9.89. The molecule has 96 valence electrons. The Hall–Kier alpha value is -2.88. The van der Waals surface area contributed by atoms with Gasteiger partial charge < -0.3 is 4.74 Å². The molecule has 0 aliphatic rings. The van der Waals surface area contributed by atoms with Gasteiger partial charge >= 0.3 is 5.69 Å². The summed E-state index contributed by atoms with van der Waals surface area (Å²) in [5.74, 6) is 0.584. The van der Waals surface area contributed by atoms with Gasteiger partial charge in [0, 0.05) is 0 Å². The van der Waals surface area contributed by atoms with Gasteiger partial charge in [-0.3, -0.25) is 14.8 Å². The first kappa shape index (κ1) is 12.6. The zero-order valence-corrected chi connectivity index (χ0v) is 9.89. The summed E-state index contributed by atoms with van der Waals surface area (Å²) >= 11 is 0. The molecule has 0 saturated heterocycles. The predicted octanol–water partition coefficient (Wildman–Crippen LogP) is 1.74. The van der Waals surface area contributed by atoms with Crippen molar-refractivity contribution in [3.8, 4) is 11.8 Å². The maximum Gasteiger partial charge on any atom is 0.306 e. The zero-order chi connectivity index (χ0) is 13.7. The van der Waals surface area contributed by atoms with Crippen LogP contribution in [0.3, 0.4) is 0 Å². The van der Waals surface area contributed by atoms with Crippen LogP contribution >= 0.6 is 0 Å². The molecule has 0 N–H and O–H groups in total. The van der Waals surface area contributed by atoms with Gasteiger partial charge in [0.1, 0.15) is 24.8 Å². The van der Waals surface area contributed by atoms with Gasteiger partial charge in [-0.2, -0.15) is 10.4 Å². The molecule has 2 rings (SSSR count). The van der Waals surface area contributed by atoms with E-state index in [2.05, 4.69) is 5.10 Å².